The second-order valence-electron chi connectivity index (χ2n) is 6.18. The molecule has 8 heteroatoms. The molecule has 1 unspecified atom stereocenters. The highest BCUT2D eigenvalue weighted by molar-refractivity contribution is 6.32. The fourth-order valence-electron chi connectivity index (χ4n) is 2.47. The van der Waals surface area contributed by atoms with Crippen molar-refractivity contribution < 1.29 is 32.2 Å². The largest absolute Gasteiger partial charge is 0.489 e. The molecule has 0 N–H and O–H groups in total. The van der Waals surface area contributed by atoms with Gasteiger partial charge in [-0.25, -0.2) is 0 Å². The number of hydrogen-bond donors (Lipinski definition) is 0. The molecular formula is C20H16ClF3O4. The van der Waals surface area contributed by atoms with Gasteiger partial charge in [0, 0.05) is 17.2 Å². The molecule has 1 heterocycles. The van der Waals surface area contributed by atoms with Gasteiger partial charge in [-0.05, 0) is 42.8 Å². The number of ether oxygens (including phenoxy) is 3. The maximum absolute atomic E-state index is 12.6. The molecule has 0 spiro atoms. The summed E-state index contributed by atoms with van der Waals surface area (Å²) in [5, 5.41) is 0.0671. The smallest absolute Gasteiger partial charge is 0.425 e. The van der Waals surface area contributed by atoms with Crippen LogP contribution >= 0.6 is 11.6 Å². The van der Waals surface area contributed by atoms with Gasteiger partial charge in [0.05, 0.1) is 5.02 Å². The van der Waals surface area contributed by atoms with Crippen LogP contribution < -0.4 is 14.2 Å². The summed E-state index contributed by atoms with van der Waals surface area (Å²) >= 11 is 6.02. The lowest BCUT2D eigenvalue weighted by Crippen LogP contribution is -2.31. The van der Waals surface area contributed by atoms with Gasteiger partial charge >= 0.3 is 6.18 Å². The molecule has 0 radical (unpaired) electrons. The highest BCUT2D eigenvalue weighted by atomic mass is 35.5. The summed E-state index contributed by atoms with van der Waals surface area (Å²) < 4.78 is 53.9. The van der Waals surface area contributed by atoms with Crippen LogP contribution in [-0.2, 0) is 11.4 Å². The number of carbonyl (C=O) groups is 1. The summed E-state index contributed by atoms with van der Waals surface area (Å²) in [5.41, 5.74) is 2.00. The first-order valence-corrected chi connectivity index (χ1v) is 8.71. The van der Waals surface area contributed by atoms with Gasteiger partial charge in [0.2, 0.25) is 0 Å². The van der Waals surface area contributed by atoms with E-state index in [-0.39, 0.29) is 24.0 Å². The van der Waals surface area contributed by atoms with Crippen LogP contribution in [0.25, 0.3) is 6.08 Å². The summed E-state index contributed by atoms with van der Waals surface area (Å²) in [6.07, 6.45) is -3.94. The van der Waals surface area contributed by atoms with Crippen LogP contribution in [0.1, 0.15) is 18.1 Å². The second kappa shape index (κ2) is 8.14. The Morgan fingerprint density at radius 3 is 2.71 bits per heavy atom. The van der Waals surface area contributed by atoms with Crippen molar-refractivity contribution >= 4 is 24.0 Å². The average molecular weight is 413 g/mol. The zero-order valence-electron chi connectivity index (χ0n) is 14.8. The minimum Gasteiger partial charge on any atom is -0.489 e. The van der Waals surface area contributed by atoms with E-state index < -0.39 is 12.3 Å². The fraction of sp³-hybridized carbons (Fsp3) is 0.250. The molecule has 148 valence electrons. The lowest BCUT2D eigenvalue weighted by molar-refractivity contribution is -0.189. The Bertz CT molecular complexity index is 909. The number of aldehydes is 1. The molecule has 0 aromatic heterocycles. The van der Waals surface area contributed by atoms with Crippen LogP contribution in [0.15, 0.2) is 42.0 Å². The highest BCUT2D eigenvalue weighted by Crippen LogP contribution is 2.32. The number of halogens is 4. The van der Waals surface area contributed by atoms with E-state index in [1.165, 1.54) is 12.1 Å². The number of fused-ring (bicyclic) bond motifs is 1. The number of hydrogen-bond acceptors (Lipinski definition) is 4. The van der Waals surface area contributed by atoms with E-state index in [9.17, 15) is 18.0 Å². The fourth-order valence-corrected chi connectivity index (χ4v) is 2.72. The van der Waals surface area contributed by atoms with E-state index in [0.717, 1.165) is 18.8 Å². The zero-order chi connectivity index (χ0) is 20.3. The third-order valence-electron chi connectivity index (χ3n) is 4.04. The summed E-state index contributed by atoms with van der Waals surface area (Å²) in [7, 11) is 0. The van der Waals surface area contributed by atoms with Crippen LogP contribution in [0, 0.1) is 0 Å². The molecule has 1 atom stereocenters. The Morgan fingerprint density at radius 2 is 2.04 bits per heavy atom. The molecule has 4 nitrogen and oxygen atoms in total. The van der Waals surface area contributed by atoms with E-state index in [1.807, 2.05) is 0 Å². The van der Waals surface area contributed by atoms with Crippen LogP contribution in [0.4, 0.5) is 13.2 Å². The van der Waals surface area contributed by atoms with Crippen molar-refractivity contribution in [3.63, 3.8) is 0 Å². The van der Waals surface area contributed by atoms with E-state index in [0.29, 0.717) is 22.6 Å². The summed E-state index contributed by atoms with van der Waals surface area (Å²) in [5.74, 6) is 1.10. The summed E-state index contributed by atoms with van der Waals surface area (Å²) in [6, 6.07) is 9.67. The molecule has 2 aromatic rings. The molecule has 0 fully saturated rings. The van der Waals surface area contributed by atoms with Gasteiger partial charge in [-0.3, -0.25) is 4.79 Å². The normalized spacial score (nSPS) is 14.4. The van der Waals surface area contributed by atoms with Crippen molar-refractivity contribution in [2.75, 3.05) is 6.61 Å². The minimum absolute atomic E-state index is 0.0461. The molecule has 0 saturated carbocycles. The number of carbonyl (C=O) groups excluding carboxylic acids is 1. The average Bonchev–Trinajstić information content (AvgIpc) is 2.66. The Labute approximate surface area is 164 Å². The predicted molar refractivity (Wildman–Crippen MR) is 97.9 cm³/mol. The molecule has 0 saturated heterocycles. The molecule has 2 aromatic carbocycles. The molecule has 28 heavy (non-hydrogen) atoms. The topological polar surface area (TPSA) is 44.8 Å². The van der Waals surface area contributed by atoms with Crippen molar-refractivity contribution in [2.24, 2.45) is 0 Å². The van der Waals surface area contributed by atoms with Crippen LogP contribution in [0.5, 0.6) is 17.2 Å². The highest BCUT2D eigenvalue weighted by Gasteiger charge is 2.38. The van der Waals surface area contributed by atoms with Gasteiger partial charge in [0.15, 0.2) is 6.10 Å². The van der Waals surface area contributed by atoms with Crippen molar-refractivity contribution in [1.82, 2.24) is 0 Å². The van der Waals surface area contributed by atoms with Gasteiger partial charge in [-0.1, -0.05) is 17.7 Å². The zero-order valence-corrected chi connectivity index (χ0v) is 15.5. The third-order valence-corrected chi connectivity index (χ3v) is 4.33. The molecular weight excluding hydrogens is 397 g/mol. The molecule has 3 rings (SSSR count). The maximum atomic E-state index is 12.6. The molecule has 0 amide bonds. The SMILES string of the molecule is CC(Oc1ccc(COc2ccc3c(c2)OCC(C=O)=C3)cc1Cl)C(F)(F)F. The third kappa shape index (κ3) is 4.78. The second-order valence-corrected chi connectivity index (χ2v) is 6.59. The van der Waals surface area contributed by atoms with Gasteiger partial charge in [0.25, 0.3) is 0 Å². The first-order valence-electron chi connectivity index (χ1n) is 8.33. The lowest BCUT2D eigenvalue weighted by atomic mass is 10.1. The number of benzene rings is 2. The Morgan fingerprint density at radius 1 is 1.25 bits per heavy atom. The van der Waals surface area contributed by atoms with Crippen molar-refractivity contribution in [1.29, 1.82) is 0 Å². The molecule has 0 bridgehead atoms. The van der Waals surface area contributed by atoms with Crippen LogP contribution in [0.3, 0.4) is 0 Å². The first-order chi connectivity index (χ1) is 13.3. The minimum atomic E-state index is -4.47. The first kappa shape index (κ1) is 20.1. The Kier molecular flexibility index (Phi) is 5.84. The van der Waals surface area contributed by atoms with E-state index in [4.69, 9.17) is 25.8 Å². The van der Waals surface area contributed by atoms with Crippen LogP contribution in [0.2, 0.25) is 5.02 Å². The van der Waals surface area contributed by atoms with Gasteiger partial charge < -0.3 is 14.2 Å². The van der Waals surface area contributed by atoms with Crippen molar-refractivity contribution in [3.8, 4) is 17.2 Å². The number of alkyl halides is 3. The van der Waals surface area contributed by atoms with E-state index in [2.05, 4.69) is 0 Å². The van der Waals surface area contributed by atoms with Gasteiger partial charge in [0.1, 0.15) is 36.7 Å². The Hall–Kier alpha value is -2.67. The molecule has 1 aliphatic heterocycles. The lowest BCUT2D eigenvalue weighted by Gasteiger charge is -2.19. The van der Waals surface area contributed by atoms with Crippen LogP contribution in [-0.4, -0.2) is 25.2 Å². The maximum Gasteiger partial charge on any atom is 0.425 e. The number of rotatable bonds is 6. The van der Waals surface area contributed by atoms with Gasteiger partial charge in [-0.15, -0.1) is 0 Å². The molecule has 0 aliphatic carbocycles. The molecule has 1 aliphatic rings. The van der Waals surface area contributed by atoms with E-state index >= 15 is 0 Å². The summed E-state index contributed by atoms with van der Waals surface area (Å²) in [6.45, 7) is 1.27. The standard InChI is InChI=1S/C20H16ClF3O4/c1-12(20(22,23)24)28-18-5-2-13(7-17(18)21)10-26-16-4-3-15-6-14(9-25)11-27-19(15)8-16/h2-9,12H,10-11H2,1H3. The summed E-state index contributed by atoms with van der Waals surface area (Å²) in [4.78, 5) is 10.8. The van der Waals surface area contributed by atoms with Crippen molar-refractivity contribution in [3.05, 3.63) is 58.1 Å². The van der Waals surface area contributed by atoms with Gasteiger partial charge in [-0.2, -0.15) is 13.2 Å². The van der Waals surface area contributed by atoms with Crippen molar-refractivity contribution in [2.45, 2.75) is 25.8 Å². The van der Waals surface area contributed by atoms with E-state index in [1.54, 1.807) is 30.3 Å². The predicted octanol–water partition coefficient (Wildman–Crippen LogP) is 5.22. The monoisotopic (exact) mass is 412 g/mol. The quantitative estimate of drug-likeness (QED) is 0.610. The Balaban J connectivity index is 1.65.